The first-order chi connectivity index (χ1) is 5.31. The van der Waals surface area contributed by atoms with Crippen molar-refractivity contribution in [2.24, 2.45) is 11.8 Å². The Morgan fingerprint density at radius 1 is 1.73 bits per heavy atom. The van der Waals surface area contributed by atoms with Crippen LogP contribution in [0.2, 0.25) is 0 Å². The predicted molar refractivity (Wildman–Crippen MR) is 45.7 cm³/mol. The van der Waals surface area contributed by atoms with Crippen molar-refractivity contribution in [2.75, 3.05) is 0 Å². The molecule has 2 nitrogen and oxygen atoms in total. The first-order valence-corrected chi connectivity index (χ1v) is 4.54. The Labute approximate surface area is 68.1 Å². The van der Waals surface area contributed by atoms with Crippen LogP contribution in [-0.2, 0) is 0 Å². The fourth-order valence-corrected chi connectivity index (χ4v) is 2.12. The lowest BCUT2D eigenvalue weighted by atomic mass is 9.69. The summed E-state index contributed by atoms with van der Waals surface area (Å²) in [5.74, 6) is 3.07. The fraction of sp³-hybridized carbons (Fsp3) is 0.778. The number of rotatable bonds is 3. The molecular weight excluding hydrogens is 136 g/mol. The second-order valence-corrected chi connectivity index (χ2v) is 3.74. The maximum atomic E-state index is 3.47. The van der Waals surface area contributed by atoms with Gasteiger partial charge in [0.05, 0.1) is 0 Å². The summed E-state index contributed by atoms with van der Waals surface area (Å²) in [5, 5.41) is 6.55. The van der Waals surface area contributed by atoms with Gasteiger partial charge in [-0.15, -0.1) is 0 Å². The van der Waals surface area contributed by atoms with Crippen molar-refractivity contribution in [3.8, 4) is 0 Å². The largest absolute Gasteiger partial charge is 0.367 e. The molecule has 1 aliphatic heterocycles. The van der Waals surface area contributed by atoms with Crippen LogP contribution in [0.4, 0.5) is 0 Å². The van der Waals surface area contributed by atoms with E-state index in [4.69, 9.17) is 0 Å². The number of hydrogen-bond acceptors (Lipinski definition) is 2. The van der Waals surface area contributed by atoms with Gasteiger partial charge in [0.1, 0.15) is 5.82 Å². The molecule has 0 saturated heterocycles. The Kier molecular flexibility index (Phi) is 1.55. The molecule has 0 aromatic carbocycles. The molecule has 1 saturated carbocycles. The zero-order valence-electron chi connectivity index (χ0n) is 7.22. The second-order valence-electron chi connectivity index (χ2n) is 3.74. The van der Waals surface area contributed by atoms with Gasteiger partial charge in [-0.3, -0.25) is 0 Å². The normalized spacial score (nSPS) is 40.2. The van der Waals surface area contributed by atoms with E-state index in [1.165, 1.54) is 18.7 Å². The van der Waals surface area contributed by atoms with Gasteiger partial charge in [0.25, 0.3) is 0 Å². The molecular formula is C9H16N2. The zero-order chi connectivity index (χ0) is 7.84. The predicted octanol–water partition coefficient (Wildman–Crippen LogP) is 1.41. The molecule has 0 bridgehead atoms. The average molecular weight is 152 g/mol. The van der Waals surface area contributed by atoms with E-state index in [9.17, 15) is 0 Å². The molecule has 2 heteroatoms. The second kappa shape index (κ2) is 2.43. The summed E-state index contributed by atoms with van der Waals surface area (Å²) in [6.07, 6.45) is 4.68. The molecule has 0 spiro atoms. The van der Waals surface area contributed by atoms with Crippen molar-refractivity contribution in [1.29, 1.82) is 0 Å². The third-order valence-electron chi connectivity index (χ3n) is 2.97. The lowest BCUT2D eigenvalue weighted by Gasteiger charge is -2.42. The van der Waals surface area contributed by atoms with Gasteiger partial charge >= 0.3 is 0 Å². The van der Waals surface area contributed by atoms with Crippen LogP contribution >= 0.6 is 0 Å². The first kappa shape index (κ1) is 7.01. The highest BCUT2D eigenvalue weighted by atomic mass is 15.2. The fourth-order valence-electron chi connectivity index (χ4n) is 2.12. The smallest absolute Gasteiger partial charge is 0.120 e. The Morgan fingerprint density at radius 2 is 2.45 bits per heavy atom. The average Bonchev–Trinajstić information content (AvgIpc) is 2.71. The maximum absolute atomic E-state index is 3.47. The molecule has 1 aliphatic carbocycles. The first-order valence-electron chi connectivity index (χ1n) is 4.54. The number of nitrogens with one attached hydrogen (secondary N) is 2. The molecule has 2 aliphatic rings. The number of hydrogen-bond donors (Lipinski definition) is 2. The third-order valence-corrected chi connectivity index (χ3v) is 2.97. The van der Waals surface area contributed by atoms with Crippen molar-refractivity contribution in [2.45, 2.75) is 32.7 Å². The van der Waals surface area contributed by atoms with E-state index >= 15 is 0 Å². The van der Waals surface area contributed by atoms with Crippen LogP contribution in [0.3, 0.4) is 0 Å². The van der Waals surface area contributed by atoms with Crippen LogP contribution in [-0.4, -0.2) is 6.04 Å². The third kappa shape index (κ3) is 1.22. The van der Waals surface area contributed by atoms with Crippen molar-refractivity contribution >= 4 is 0 Å². The van der Waals surface area contributed by atoms with E-state index in [2.05, 4.69) is 24.5 Å². The standard InChI is InChI=1S/C9H16N2/c1-3-7-6(2)4-8(7)11-9-5-10-9/h5-8,10-11H,3-4H2,1-2H3. The van der Waals surface area contributed by atoms with Gasteiger partial charge in [-0.05, 0) is 18.3 Å². The lowest BCUT2D eigenvalue weighted by Crippen LogP contribution is -2.48. The minimum atomic E-state index is 0.747. The molecule has 2 rings (SSSR count). The van der Waals surface area contributed by atoms with Gasteiger partial charge < -0.3 is 10.6 Å². The Hall–Kier alpha value is -0.660. The summed E-state index contributed by atoms with van der Waals surface area (Å²) in [5.41, 5.74) is 0. The minimum absolute atomic E-state index is 0.747. The van der Waals surface area contributed by atoms with Crippen LogP contribution in [0, 0.1) is 11.8 Å². The van der Waals surface area contributed by atoms with Gasteiger partial charge in [-0.25, -0.2) is 0 Å². The van der Waals surface area contributed by atoms with E-state index in [0.717, 1.165) is 17.9 Å². The van der Waals surface area contributed by atoms with E-state index in [1.54, 1.807) is 0 Å². The summed E-state index contributed by atoms with van der Waals surface area (Å²) in [6.45, 7) is 4.63. The summed E-state index contributed by atoms with van der Waals surface area (Å²) < 4.78 is 0. The van der Waals surface area contributed by atoms with E-state index in [-0.39, 0.29) is 0 Å². The van der Waals surface area contributed by atoms with Crippen molar-refractivity contribution in [3.05, 3.63) is 12.0 Å². The van der Waals surface area contributed by atoms with E-state index in [1.807, 2.05) is 6.20 Å². The SMILES string of the molecule is CCC1C(C)CC1NC1=CN1. The highest BCUT2D eigenvalue weighted by molar-refractivity contribution is 5.16. The van der Waals surface area contributed by atoms with Crippen LogP contribution in [0.5, 0.6) is 0 Å². The van der Waals surface area contributed by atoms with Gasteiger partial charge in [-0.2, -0.15) is 0 Å². The Bertz CT molecular complexity index is 186. The molecule has 11 heavy (non-hydrogen) atoms. The molecule has 0 aromatic heterocycles. The molecule has 3 unspecified atom stereocenters. The summed E-state index contributed by atoms with van der Waals surface area (Å²) in [7, 11) is 0. The lowest BCUT2D eigenvalue weighted by molar-refractivity contribution is 0.125. The Balaban J connectivity index is 1.81. The topological polar surface area (TPSA) is 34.0 Å². The van der Waals surface area contributed by atoms with Crippen molar-refractivity contribution < 1.29 is 0 Å². The molecule has 62 valence electrons. The van der Waals surface area contributed by atoms with E-state index < -0.39 is 0 Å². The molecule has 0 aromatic rings. The quantitative estimate of drug-likeness (QED) is 0.641. The van der Waals surface area contributed by atoms with E-state index in [0.29, 0.717) is 0 Å². The maximum Gasteiger partial charge on any atom is 0.120 e. The summed E-state index contributed by atoms with van der Waals surface area (Å²) in [6, 6.07) is 0.747. The monoisotopic (exact) mass is 152 g/mol. The molecule has 0 amide bonds. The molecule has 3 atom stereocenters. The Morgan fingerprint density at radius 3 is 2.91 bits per heavy atom. The van der Waals surface area contributed by atoms with Gasteiger partial charge in [0.15, 0.2) is 0 Å². The minimum Gasteiger partial charge on any atom is -0.367 e. The van der Waals surface area contributed by atoms with Crippen molar-refractivity contribution in [3.63, 3.8) is 0 Å². The van der Waals surface area contributed by atoms with Crippen molar-refractivity contribution in [1.82, 2.24) is 10.6 Å². The van der Waals surface area contributed by atoms with Crippen LogP contribution in [0.15, 0.2) is 12.0 Å². The molecule has 1 fully saturated rings. The van der Waals surface area contributed by atoms with Crippen LogP contribution in [0.25, 0.3) is 0 Å². The molecule has 0 radical (unpaired) electrons. The molecule has 1 heterocycles. The highest BCUT2D eigenvalue weighted by Crippen LogP contribution is 2.37. The van der Waals surface area contributed by atoms with Gasteiger partial charge in [0.2, 0.25) is 0 Å². The highest BCUT2D eigenvalue weighted by Gasteiger charge is 2.37. The van der Waals surface area contributed by atoms with Crippen LogP contribution in [0.1, 0.15) is 26.7 Å². The summed E-state index contributed by atoms with van der Waals surface area (Å²) >= 11 is 0. The summed E-state index contributed by atoms with van der Waals surface area (Å²) in [4.78, 5) is 0. The van der Waals surface area contributed by atoms with Crippen LogP contribution < -0.4 is 10.6 Å². The molecule has 2 N–H and O–H groups in total. The van der Waals surface area contributed by atoms with Gasteiger partial charge in [-0.1, -0.05) is 20.3 Å². The van der Waals surface area contributed by atoms with Gasteiger partial charge in [0, 0.05) is 12.2 Å². The zero-order valence-corrected chi connectivity index (χ0v) is 7.22.